The summed E-state index contributed by atoms with van der Waals surface area (Å²) >= 11 is 0. The molecule has 2 saturated heterocycles. The number of benzene rings is 2. The van der Waals surface area contributed by atoms with E-state index in [1.807, 2.05) is 30.9 Å². The van der Waals surface area contributed by atoms with Crippen molar-refractivity contribution in [2.75, 3.05) is 51.7 Å². The summed E-state index contributed by atoms with van der Waals surface area (Å²) in [4.78, 5) is 28.4. The molecular formula is C31H43N7O3S. The molecule has 1 aromatic heterocycles. The number of carbonyl (C=O) groups is 2. The summed E-state index contributed by atoms with van der Waals surface area (Å²) < 4.78 is 17.2. The molecule has 1 unspecified atom stereocenters. The smallest absolute Gasteiger partial charge is 0.322 e. The van der Waals surface area contributed by atoms with Crippen molar-refractivity contribution in [2.45, 2.75) is 55.5 Å². The Morgan fingerprint density at radius 2 is 1.83 bits per heavy atom. The second kappa shape index (κ2) is 13.9. The second-order valence-electron chi connectivity index (χ2n) is 11.3. The fourth-order valence-corrected chi connectivity index (χ4v) is 7.51. The molecule has 2 amide bonds. The van der Waals surface area contributed by atoms with E-state index in [1.54, 1.807) is 7.05 Å². The number of rotatable bonds is 10. The van der Waals surface area contributed by atoms with Gasteiger partial charge in [-0.05, 0) is 87.1 Å². The molecule has 0 saturated carbocycles. The van der Waals surface area contributed by atoms with Gasteiger partial charge in [0.05, 0.1) is 10.4 Å². The summed E-state index contributed by atoms with van der Waals surface area (Å²) in [5.74, 6) is 1.02. The van der Waals surface area contributed by atoms with E-state index in [4.69, 9.17) is 0 Å². The highest BCUT2D eigenvalue weighted by Crippen LogP contribution is 2.33. The zero-order chi connectivity index (χ0) is 29.6. The van der Waals surface area contributed by atoms with Crippen LogP contribution in [0.4, 0.5) is 10.6 Å². The number of fused-ring (bicyclic) bond motifs is 1. The monoisotopic (exact) mass is 593 g/mol. The highest BCUT2D eigenvalue weighted by molar-refractivity contribution is 7.82. The standard InChI is InChI=1S/C31H43N7O3S/c1-32-26-12-17-37(18-13-26)42(41)27-7-4-6-23(20-27)22-36-15-10-24(11-16-36)25-8-9-28-29(21-25)35(3)34-30(28)38(14-5-19-39)31(40)33-2/h4,6-9,19-21,24,26,32H,5,10-18,22H2,1-3H3,(H,33,40). The van der Waals surface area contributed by atoms with Gasteiger partial charge in [0.2, 0.25) is 0 Å². The van der Waals surface area contributed by atoms with Crippen molar-refractivity contribution in [1.29, 1.82) is 0 Å². The van der Waals surface area contributed by atoms with Crippen LogP contribution in [-0.4, -0.2) is 88.4 Å². The number of aryl methyl sites for hydroxylation is 1. The molecule has 3 heterocycles. The zero-order valence-corrected chi connectivity index (χ0v) is 25.7. The molecule has 11 heteroatoms. The first-order valence-electron chi connectivity index (χ1n) is 15.0. The van der Waals surface area contributed by atoms with Crippen LogP contribution in [0, 0.1) is 0 Å². The molecule has 0 radical (unpaired) electrons. The molecule has 3 aromatic rings. The number of carbonyl (C=O) groups excluding carboxylic acids is 2. The predicted molar refractivity (Wildman–Crippen MR) is 167 cm³/mol. The van der Waals surface area contributed by atoms with Gasteiger partial charge in [0.15, 0.2) is 5.82 Å². The number of piperidine rings is 2. The van der Waals surface area contributed by atoms with Crippen LogP contribution in [-0.2, 0) is 29.4 Å². The number of nitrogens with one attached hydrogen (secondary N) is 2. The van der Waals surface area contributed by atoms with Crippen molar-refractivity contribution in [3.63, 3.8) is 0 Å². The van der Waals surface area contributed by atoms with Crippen LogP contribution in [0.2, 0.25) is 0 Å². The molecule has 0 aliphatic carbocycles. The van der Waals surface area contributed by atoms with Gasteiger partial charge < -0.3 is 15.4 Å². The summed E-state index contributed by atoms with van der Waals surface area (Å²) in [5, 5.41) is 11.5. The van der Waals surface area contributed by atoms with Crippen LogP contribution in [0.15, 0.2) is 47.4 Å². The summed E-state index contributed by atoms with van der Waals surface area (Å²) in [6.07, 6.45) is 5.25. The van der Waals surface area contributed by atoms with Crippen molar-refractivity contribution >= 4 is 40.0 Å². The maximum absolute atomic E-state index is 13.3. The van der Waals surface area contributed by atoms with Gasteiger partial charge in [-0.2, -0.15) is 5.10 Å². The average molecular weight is 594 g/mol. The molecule has 5 rings (SSSR count). The number of likely N-dealkylation sites (tertiary alicyclic amines) is 1. The number of amides is 2. The third kappa shape index (κ3) is 6.75. The minimum atomic E-state index is -1.12. The first kappa shape index (κ1) is 30.3. The lowest BCUT2D eigenvalue weighted by Gasteiger charge is -2.32. The molecule has 2 aromatic carbocycles. The first-order valence-corrected chi connectivity index (χ1v) is 16.1. The Bertz CT molecular complexity index is 1410. The van der Waals surface area contributed by atoms with Gasteiger partial charge in [-0.1, -0.05) is 18.2 Å². The van der Waals surface area contributed by atoms with Gasteiger partial charge in [-0.3, -0.25) is 14.5 Å². The van der Waals surface area contributed by atoms with Crippen LogP contribution >= 0.6 is 0 Å². The predicted octanol–water partition coefficient (Wildman–Crippen LogP) is 3.39. The summed E-state index contributed by atoms with van der Waals surface area (Å²) in [6, 6.07) is 15.0. The fourth-order valence-electron chi connectivity index (χ4n) is 6.22. The molecule has 42 heavy (non-hydrogen) atoms. The van der Waals surface area contributed by atoms with Crippen LogP contribution in [0.3, 0.4) is 0 Å². The van der Waals surface area contributed by atoms with E-state index in [9.17, 15) is 13.8 Å². The van der Waals surface area contributed by atoms with Crippen molar-refractivity contribution in [1.82, 2.24) is 29.6 Å². The van der Waals surface area contributed by atoms with Crippen molar-refractivity contribution in [3.8, 4) is 0 Å². The Kier molecular flexibility index (Phi) is 10.0. The Labute approximate surface area is 251 Å². The Morgan fingerprint density at radius 3 is 2.52 bits per heavy atom. The maximum atomic E-state index is 13.3. The molecule has 2 aliphatic rings. The number of anilines is 1. The number of aldehydes is 1. The van der Waals surface area contributed by atoms with Gasteiger partial charge in [-0.25, -0.2) is 13.3 Å². The van der Waals surface area contributed by atoms with E-state index in [-0.39, 0.29) is 19.0 Å². The maximum Gasteiger partial charge on any atom is 0.322 e. The van der Waals surface area contributed by atoms with Crippen LogP contribution in [0.25, 0.3) is 10.9 Å². The minimum absolute atomic E-state index is 0.250. The first-order chi connectivity index (χ1) is 20.4. The van der Waals surface area contributed by atoms with Crippen molar-refractivity contribution in [2.24, 2.45) is 7.05 Å². The number of hydrogen-bond acceptors (Lipinski definition) is 6. The van der Waals surface area contributed by atoms with Crippen LogP contribution in [0.5, 0.6) is 0 Å². The molecule has 10 nitrogen and oxygen atoms in total. The minimum Gasteiger partial charge on any atom is -0.341 e. The molecule has 1 atom stereocenters. The topological polar surface area (TPSA) is 103 Å². The average Bonchev–Trinajstić information content (AvgIpc) is 3.36. The molecular weight excluding hydrogens is 550 g/mol. The number of hydrogen-bond donors (Lipinski definition) is 2. The van der Waals surface area contributed by atoms with Gasteiger partial charge in [-0.15, -0.1) is 0 Å². The summed E-state index contributed by atoms with van der Waals surface area (Å²) in [6.45, 7) is 4.85. The van der Waals surface area contributed by atoms with E-state index >= 15 is 0 Å². The lowest BCUT2D eigenvalue weighted by Crippen LogP contribution is -2.41. The van der Waals surface area contributed by atoms with Crippen LogP contribution < -0.4 is 15.5 Å². The summed E-state index contributed by atoms with van der Waals surface area (Å²) in [5.41, 5.74) is 3.48. The van der Waals surface area contributed by atoms with Crippen LogP contribution in [0.1, 0.15) is 49.1 Å². The Morgan fingerprint density at radius 1 is 1.07 bits per heavy atom. The number of urea groups is 1. The highest BCUT2D eigenvalue weighted by atomic mass is 32.2. The lowest BCUT2D eigenvalue weighted by atomic mass is 9.89. The van der Waals surface area contributed by atoms with Crippen molar-refractivity contribution < 1.29 is 13.8 Å². The lowest BCUT2D eigenvalue weighted by molar-refractivity contribution is -0.107. The van der Waals surface area contributed by atoms with Gasteiger partial charge in [0.25, 0.3) is 0 Å². The second-order valence-corrected chi connectivity index (χ2v) is 12.8. The molecule has 2 aliphatic heterocycles. The SMILES string of the molecule is CNC(=O)N(CCC=O)c1nn(C)c2cc(C3CCN(Cc4cccc(S(=O)N5CCC(NC)CC5)c4)CC3)ccc12. The van der Waals surface area contributed by atoms with Gasteiger partial charge in [0, 0.05) is 58.1 Å². The highest BCUT2D eigenvalue weighted by Gasteiger charge is 2.26. The number of aromatic nitrogens is 2. The van der Waals surface area contributed by atoms with E-state index in [2.05, 4.69) is 55.3 Å². The molecule has 0 spiro atoms. The van der Waals surface area contributed by atoms with Crippen molar-refractivity contribution in [3.05, 3.63) is 53.6 Å². The zero-order valence-electron chi connectivity index (χ0n) is 24.9. The van der Waals surface area contributed by atoms with E-state index < -0.39 is 11.0 Å². The molecule has 2 N–H and O–H groups in total. The van der Waals surface area contributed by atoms with Gasteiger partial charge >= 0.3 is 6.03 Å². The largest absolute Gasteiger partial charge is 0.341 e. The molecule has 2 fully saturated rings. The Hall–Kier alpha value is -3.12. The molecule has 226 valence electrons. The van der Waals surface area contributed by atoms with E-state index in [0.29, 0.717) is 17.8 Å². The normalized spacial score (nSPS) is 18.3. The van der Waals surface area contributed by atoms with E-state index in [1.165, 1.54) is 16.0 Å². The van der Waals surface area contributed by atoms with E-state index in [0.717, 1.165) is 80.5 Å². The molecule has 0 bridgehead atoms. The quantitative estimate of drug-likeness (QED) is 0.350. The summed E-state index contributed by atoms with van der Waals surface area (Å²) in [7, 11) is 4.36. The number of nitrogens with zero attached hydrogens (tertiary/aromatic N) is 5. The van der Waals surface area contributed by atoms with Gasteiger partial charge in [0.1, 0.15) is 17.3 Å². The third-order valence-corrected chi connectivity index (χ3v) is 10.2. The fraction of sp³-hybridized carbons (Fsp3) is 0.516. The Balaban J connectivity index is 1.21. The third-order valence-electron chi connectivity index (χ3n) is 8.70.